The molecular weight excluding hydrogens is 322 g/mol. The number of nitrogens with zero attached hydrogens (tertiary/aromatic N) is 2. The topological polar surface area (TPSA) is 89.5 Å². The van der Waals surface area contributed by atoms with Crippen molar-refractivity contribution in [1.29, 1.82) is 5.26 Å². The van der Waals surface area contributed by atoms with Crippen molar-refractivity contribution >= 4 is 18.0 Å². The summed E-state index contributed by atoms with van der Waals surface area (Å²) in [6, 6.07) is 5.57. The molecule has 1 aromatic carbocycles. The maximum absolute atomic E-state index is 9.10. The molecule has 0 saturated heterocycles. The molecule has 0 spiro atoms. The first-order chi connectivity index (χ1) is 12.2. The second-order valence-corrected chi connectivity index (χ2v) is 4.80. The average Bonchev–Trinajstić information content (AvgIpc) is 3.05. The van der Waals surface area contributed by atoms with Crippen LogP contribution in [0.25, 0.3) is 12.2 Å². The number of aromatic nitrogens is 1. The minimum Gasteiger partial charge on any atom is -0.493 e. The first kappa shape index (κ1) is 17.9. The number of methoxy groups -OCH3 is 3. The summed E-state index contributed by atoms with van der Waals surface area (Å²) in [5, 5.41) is 12.0. The first-order valence-corrected chi connectivity index (χ1v) is 7.40. The van der Waals surface area contributed by atoms with E-state index in [0.29, 0.717) is 35.6 Å². The summed E-state index contributed by atoms with van der Waals surface area (Å²) < 4.78 is 21.4. The lowest BCUT2D eigenvalue weighted by atomic mass is 10.1. The van der Waals surface area contributed by atoms with Crippen molar-refractivity contribution in [3.8, 4) is 23.3 Å². The molecule has 2 rings (SSSR count). The van der Waals surface area contributed by atoms with Crippen molar-refractivity contribution in [2.45, 2.75) is 0 Å². The highest BCUT2D eigenvalue weighted by Gasteiger charge is 2.13. The average molecular weight is 341 g/mol. The number of hydrogen-bond acceptors (Lipinski definition) is 7. The van der Waals surface area contributed by atoms with Crippen LogP contribution in [0.4, 0.5) is 5.88 Å². The molecule has 0 unspecified atom stereocenters. The number of rotatable bonds is 8. The molecule has 130 valence electrons. The van der Waals surface area contributed by atoms with Gasteiger partial charge < -0.3 is 23.9 Å². The van der Waals surface area contributed by atoms with E-state index in [2.05, 4.69) is 16.9 Å². The summed E-state index contributed by atoms with van der Waals surface area (Å²) in [5.41, 5.74) is 0.984. The first-order valence-electron chi connectivity index (χ1n) is 7.40. The molecule has 0 bridgehead atoms. The van der Waals surface area contributed by atoms with Crippen LogP contribution >= 0.6 is 0 Å². The maximum atomic E-state index is 9.10. The maximum Gasteiger partial charge on any atom is 0.232 e. The Morgan fingerprint density at radius 1 is 1.20 bits per heavy atom. The molecule has 7 nitrogen and oxygen atoms in total. The molecule has 1 N–H and O–H groups in total. The highest BCUT2D eigenvalue weighted by atomic mass is 16.5. The fraction of sp³-hybridized carbons (Fsp3) is 0.222. The zero-order valence-electron chi connectivity index (χ0n) is 14.3. The van der Waals surface area contributed by atoms with Gasteiger partial charge >= 0.3 is 0 Å². The molecule has 0 aliphatic heterocycles. The van der Waals surface area contributed by atoms with E-state index in [4.69, 9.17) is 23.9 Å². The van der Waals surface area contributed by atoms with Crippen LogP contribution in [0.3, 0.4) is 0 Å². The van der Waals surface area contributed by atoms with E-state index < -0.39 is 0 Å². The number of anilines is 1. The SMILES string of the molecule is C=CCNc1oc(C=Cc2cc(OC)c(OC)c(OC)c2)nc1C#N. The Balaban J connectivity index is 2.31. The van der Waals surface area contributed by atoms with E-state index in [9.17, 15) is 0 Å². The van der Waals surface area contributed by atoms with Crippen LogP contribution in [0.2, 0.25) is 0 Å². The van der Waals surface area contributed by atoms with Crippen molar-refractivity contribution in [2.75, 3.05) is 33.2 Å². The largest absolute Gasteiger partial charge is 0.493 e. The van der Waals surface area contributed by atoms with Gasteiger partial charge in [0, 0.05) is 12.6 Å². The Morgan fingerprint density at radius 3 is 2.40 bits per heavy atom. The lowest BCUT2D eigenvalue weighted by Gasteiger charge is -2.12. The number of benzene rings is 1. The molecule has 0 atom stereocenters. The van der Waals surface area contributed by atoms with Gasteiger partial charge in [0.1, 0.15) is 6.07 Å². The molecule has 0 fully saturated rings. The lowest BCUT2D eigenvalue weighted by molar-refractivity contribution is 0.324. The second kappa shape index (κ2) is 8.45. The smallest absolute Gasteiger partial charge is 0.232 e. The van der Waals surface area contributed by atoms with E-state index in [1.54, 1.807) is 51.7 Å². The lowest BCUT2D eigenvalue weighted by Crippen LogP contribution is -1.97. The van der Waals surface area contributed by atoms with Crippen LogP contribution in [-0.2, 0) is 0 Å². The van der Waals surface area contributed by atoms with E-state index in [0.717, 1.165) is 5.56 Å². The van der Waals surface area contributed by atoms with Crippen LogP contribution in [0.15, 0.2) is 29.2 Å². The Labute approximate surface area is 146 Å². The number of nitrogens with one attached hydrogen (secondary N) is 1. The summed E-state index contributed by atoms with van der Waals surface area (Å²) in [5.74, 6) is 2.21. The molecule has 7 heteroatoms. The third-order valence-electron chi connectivity index (χ3n) is 3.26. The van der Waals surface area contributed by atoms with Gasteiger partial charge in [0.2, 0.25) is 23.2 Å². The van der Waals surface area contributed by atoms with Gasteiger partial charge in [0.25, 0.3) is 0 Å². The molecule has 0 saturated carbocycles. The third-order valence-corrected chi connectivity index (χ3v) is 3.26. The molecule has 0 aliphatic rings. The van der Waals surface area contributed by atoms with Crippen LogP contribution in [-0.4, -0.2) is 32.9 Å². The zero-order valence-corrected chi connectivity index (χ0v) is 14.3. The number of oxazole rings is 1. The highest BCUT2D eigenvalue weighted by molar-refractivity contribution is 5.71. The van der Waals surface area contributed by atoms with Gasteiger partial charge in [-0.3, -0.25) is 0 Å². The standard InChI is InChI=1S/C18H19N3O4/c1-5-8-20-18-13(11-19)21-16(25-18)7-6-12-9-14(22-2)17(24-4)15(10-12)23-3/h5-7,9-10,20H,1,8H2,2-4H3. The number of hydrogen-bond donors (Lipinski definition) is 1. The van der Waals surface area contributed by atoms with E-state index >= 15 is 0 Å². The summed E-state index contributed by atoms with van der Waals surface area (Å²) in [7, 11) is 4.65. The van der Waals surface area contributed by atoms with Crippen molar-refractivity contribution in [3.63, 3.8) is 0 Å². The molecule has 2 aromatic rings. The van der Waals surface area contributed by atoms with E-state index in [1.165, 1.54) is 0 Å². The van der Waals surface area contributed by atoms with Gasteiger partial charge in [-0.1, -0.05) is 6.08 Å². The summed E-state index contributed by atoms with van der Waals surface area (Å²) >= 11 is 0. The Hall–Kier alpha value is -3.40. The fourth-order valence-electron chi connectivity index (χ4n) is 2.13. The van der Waals surface area contributed by atoms with Gasteiger partial charge in [0.05, 0.1) is 21.3 Å². The molecule has 0 aliphatic carbocycles. The third kappa shape index (κ3) is 4.12. The zero-order chi connectivity index (χ0) is 18.2. The summed E-state index contributed by atoms with van der Waals surface area (Å²) in [4.78, 5) is 4.12. The molecule has 1 heterocycles. The van der Waals surface area contributed by atoms with Gasteiger partial charge in [-0.15, -0.1) is 6.58 Å². The predicted octanol–water partition coefficient (Wildman–Crippen LogP) is 3.34. The Bertz CT molecular complexity index is 793. The van der Waals surface area contributed by atoms with Crippen molar-refractivity contribution < 1.29 is 18.6 Å². The van der Waals surface area contributed by atoms with Gasteiger partial charge in [-0.25, -0.2) is 0 Å². The number of ether oxygens (including phenoxy) is 3. The molecular formula is C18H19N3O4. The Morgan fingerprint density at radius 2 is 1.88 bits per heavy atom. The van der Waals surface area contributed by atoms with Gasteiger partial charge in [-0.05, 0) is 23.8 Å². The molecule has 0 radical (unpaired) electrons. The van der Waals surface area contributed by atoms with Crippen molar-refractivity contribution in [1.82, 2.24) is 4.98 Å². The fourth-order valence-corrected chi connectivity index (χ4v) is 2.13. The van der Waals surface area contributed by atoms with Crippen LogP contribution < -0.4 is 19.5 Å². The predicted molar refractivity (Wildman–Crippen MR) is 94.9 cm³/mol. The van der Waals surface area contributed by atoms with Gasteiger partial charge in [0.15, 0.2) is 11.5 Å². The van der Waals surface area contributed by atoms with Crippen molar-refractivity contribution in [3.05, 3.63) is 41.9 Å². The molecule has 0 amide bonds. The molecule has 1 aromatic heterocycles. The van der Waals surface area contributed by atoms with E-state index in [1.807, 2.05) is 6.07 Å². The van der Waals surface area contributed by atoms with Gasteiger partial charge in [-0.2, -0.15) is 10.2 Å². The quantitative estimate of drug-likeness (QED) is 0.736. The van der Waals surface area contributed by atoms with Crippen LogP contribution in [0, 0.1) is 11.3 Å². The highest BCUT2D eigenvalue weighted by Crippen LogP contribution is 2.38. The van der Waals surface area contributed by atoms with Crippen molar-refractivity contribution in [2.24, 2.45) is 0 Å². The summed E-state index contributed by atoms with van der Waals surface area (Å²) in [6.45, 7) is 4.08. The monoisotopic (exact) mass is 341 g/mol. The number of nitriles is 1. The van der Waals surface area contributed by atoms with Crippen LogP contribution in [0.1, 0.15) is 17.1 Å². The Kier molecular flexibility index (Phi) is 6.07. The normalized spacial score (nSPS) is 10.3. The van der Waals surface area contributed by atoms with Crippen LogP contribution in [0.5, 0.6) is 17.2 Å². The molecule has 25 heavy (non-hydrogen) atoms. The summed E-state index contributed by atoms with van der Waals surface area (Å²) in [6.07, 6.45) is 5.09. The minimum atomic E-state index is 0.186. The second-order valence-electron chi connectivity index (χ2n) is 4.80. The van der Waals surface area contributed by atoms with E-state index in [-0.39, 0.29) is 5.69 Å². The minimum absolute atomic E-state index is 0.186.